The lowest BCUT2D eigenvalue weighted by Crippen LogP contribution is -2.43. The van der Waals surface area contributed by atoms with Gasteiger partial charge in [0.1, 0.15) is 10.6 Å². The highest BCUT2D eigenvalue weighted by molar-refractivity contribution is 7.89. The molecule has 27 heavy (non-hydrogen) atoms. The van der Waals surface area contributed by atoms with Crippen LogP contribution < -0.4 is 9.46 Å². The summed E-state index contributed by atoms with van der Waals surface area (Å²) < 4.78 is 39.1. The van der Waals surface area contributed by atoms with Gasteiger partial charge in [-0.25, -0.2) is 13.1 Å². The molecule has 1 unspecified atom stereocenters. The fraction of sp³-hybridized carbons (Fsp3) is 0.500. The summed E-state index contributed by atoms with van der Waals surface area (Å²) in [6.07, 6.45) is 0. The first-order valence-corrected chi connectivity index (χ1v) is 10.4. The number of methoxy groups -OCH3 is 1. The number of hydrogen-bond donors (Lipinski definition) is 2. The van der Waals surface area contributed by atoms with Crippen LogP contribution in [0.4, 0.5) is 0 Å². The second kappa shape index (κ2) is 8.39. The van der Waals surface area contributed by atoms with E-state index in [1.54, 1.807) is 21.0 Å². The van der Waals surface area contributed by atoms with Crippen LogP contribution in [-0.4, -0.2) is 63.5 Å². The standard InChI is InChI=1S/C18H26N4O4S/c1-13-18(14(2)21-20-13)27(23,24)19-12-17(22-8-10-26-11-9-22)15-4-6-16(25-3)7-5-15/h4-7,17,19H,8-12H2,1-3H3,(H,20,21). The molecule has 148 valence electrons. The number of H-pyrrole nitrogens is 1. The molecule has 1 aromatic carbocycles. The highest BCUT2D eigenvalue weighted by atomic mass is 32.2. The van der Waals surface area contributed by atoms with Crippen LogP contribution in [0.1, 0.15) is 23.0 Å². The topological polar surface area (TPSA) is 96.5 Å². The average Bonchev–Trinajstić information content (AvgIpc) is 3.02. The van der Waals surface area contributed by atoms with Crippen LogP contribution in [0.25, 0.3) is 0 Å². The van der Waals surface area contributed by atoms with Crippen molar-refractivity contribution in [1.82, 2.24) is 19.8 Å². The summed E-state index contributed by atoms with van der Waals surface area (Å²) in [5, 5.41) is 6.72. The highest BCUT2D eigenvalue weighted by Gasteiger charge is 2.27. The quantitative estimate of drug-likeness (QED) is 0.737. The lowest BCUT2D eigenvalue weighted by Gasteiger charge is -2.35. The summed E-state index contributed by atoms with van der Waals surface area (Å²) in [4.78, 5) is 2.46. The van der Waals surface area contributed by atoms with Gasteiger partial charge in [0.05, 0.1) is 31.7 Å². The van der Waals surface area contributed by atoms with Crippen LogP contribution >= 0.6 is 0 Å². The van der Waals surface area contributed by atoms with Gasteiger partial charge in [0.2, 0.25) is 10.0 Å². The largest absolute Gasteiger partial charge is 0.497 e. The molecule has 1 aliphatic rings. The van der Waals surface area contributed by atoms with Crippen molar-refractivity contribution in [3.8, 4) is 5.75 Å². The number of morpholine rings is 1. The number of ether oxygens (including phenoxy) is 2. The number of aryl methyl sites for hydroxylation is 2. The van der Waals surface area contributed by atoms with Gasteiger partial charge in [0.15, 0.2) is 0 Å². The van der Waals surface area contributed by atoms with E-state index in [1.165, 1.54) is 0 Å². The van der Waals surface area contributed by atoms with Gasteiger partial charge in [-0.15, -0.1) is 0 Å². The van der Waals surface area contributed by atoms with E-state index >= 15 is 0 Å². The SMILES string of the molecule is COc1ccc(C(CNS(=O)(=O)c2c(C)n[nH]c2C)N2CCOCC2)cc1. The monoisotopic (exact) mass is 394 g/mol. The molecule has 0 radical (unpaired) electrons. The first kappa shape index (κ1) is 19.8. The fourth-order valence-electron chi connectivity index (χ4n) is 3.37. The molecule has 1 saturated heterocycles. The fourth-order valence-corrected chi connectivity index (χ4v) is 4.78. The number of hydrogen-bond acceptors (Lipinski definition) is 6. The van der Waals surface area contributed by atoms with Gasteiger partial charge in [-0.3, -0.25) is 10.00 Å². The smallest absolute Gasteiger partial charge is 0.244 e. The third-order valence-electron chi connectivity index (χ3n) is 4.78. The Morgan fingerprint density at radius 2 is 1.93 bits per heavy atom. The molecular weight excluding hydrogens is 368 g/mol. The molecule has 0 saturated carbocycles. The van der Waals surface area contributed by atoms with Crippen molar-refractivity contribution in [2.45, 2.75) is 24.8 Å². The van der Waals surface area contributed by atoms with Crippen molar-refractivity contribution < 1.29 is 17.9 Å². The van der Waals surface area contributed by atoms with E-state index in [-0.39, 0.29) is 17.5 Å². The Morgan fingerprint density at radius 3 is 2.48 bits per heavy atom. The third kappa shape index (κ3) is 4.49. The zero-order valence-corrected chi connectivity index (χ0v) is 16.7. The molecule has 2 aromatic rings. The van der Waals surface area contributed by atoms with E-state index in [0.717, 1.165) is 24.4 Å². The molecule has 1 aromatic heterocycles. The minimum Gasteiger partial charge on any atom is -0.497 e. The molecule has 1 atom stereocenters. The molecule has 0 aliphatic carbocycles. The predicted molar refractivity (Wildman–Crippen MR) is 101 cm³/mol. The molecule has 1 aliphatic heterocycles. The van der Waals surface area contributed by atoms with E-state index in [1.807, 2.05) is 24.3 Å². The molecule has 3 rings (SSSR count). The van der Waals surface area contributed by atoms with E-state index in [4.69, 9.17) is 9.47 Å². The molecular formula is C18H26N4O4S. The first-order valence-electron chi connectivity index (χ1n) is 8.89. The van der Waals surface area contributed by atoms with Crippen molar-refractivity contribution in [1.29, 1.82) is 0 Å². The molecule has 1 fully saturated rings. The molecule has 2 heterocycles. The molecule has 0 bridgehead atoms. The second-order valence-electron chi connectivity index (χ2n) is 6.55. The van der Waals surface area contributed by atoms with E-state index in [0.29, 0.717) is 24.6 Å². The van der Waals surface area contributed by atoms with Gasteiger partial charge < -0.3 is 9.47 Å². The Labute approximate surface area is 159 Å². The summed E-state index contributed by atoms with van der Waals surface area (Å²) in [5.41, 5.74) is 2.03. The van der Waals surface area contributed by atoms with Crippen molar-refractivity contribution in [3.05, 3.63) is 41.2 Å². The minimum absolute atomic E-state index is 0.0953. The molecule has 0 spiro atoms. The summed E-state index contributed by atoms with van der Waals surface area (Å²) in [5.74, 6) is 0.768. The molecule has 0 amide bonds. The van der Waals surface area contributed by atoms with Crippen molar-refractivity contribution >= 4 is 10.0 Å². The normalized spacial score (nSPS) is 17.0. The van der Waals surface area contributed by atoms with Gasteiger partial charge in [-0.2, -0.15) is 5.10 Å². The number of sulfonamides is 1. The van der Waals surface area contributed by atoms with Gasteiger partial charge in [-0.05, 0) is 31.5 Å². The van der Waals surface area contributed by atoms with E-state index in [2.05, 4.69) is 19.8 Å². The van der Waals surface area contributed by atoms with Crippen LogP contribution in [0.5, 0.6) is 5.75 Å². The van der Waals surface area contributed by atoms with Crippen LogP contribution in [-0.2, 0) is 14.8 Å². The number of rotatable bonds is 7. The van der Waals surface area contributed by atoms with Gasteiger partial charge in [-0.1, -0.05) is 12.1 Å². The maximum absolute atomic E-state index is 12.8. The summed E-state index contributed by atoms with van der Waals surface area (Å²) in [6, 6.07) is 7.63. The molecule has 9 heteroatoms. The summed E-state index contributed by atoms with van der Waals surface area (Å²) in [7, 11) is -2.04. The van der Waals surface area contributed by atoms with Crippen molar-refractivity contribution in [3.63, 3.8) is 0 Å². The van der Waals surface area contributed by atoms with Crippen LogP contribution in [0.2, 0.25) is 0 Å². The molecule has 8 nitrogen and oxygen atoms in total. The minimum atomic E-state index is -3.66. The zero-order valence-electron chi connectivity index (χ0n) is 15.9. The summed E-state index contributed by atoms with van der Waals surface area (Å²) >= 11 is 0. The van der Waals surface area contributed by atoms with Crippen molar-refractivity contribution in [2.24, 2.45) is 0 Å². The van der Waals surface area contributed by atoms with Crippen LogP contribution in [0, 0.1) is 13.8 Å². The number of aromatic amines is 1. The maximum atomic E-state index is 12.8. The lowest BCUT2D eigenvalue weighted by atomic mass is 10.0. The highest BCUT2D eigenvalue weighted by Crippen LogP contribution is 2.25. The van der Waals surface area contributed by atoms with Crippen LogP contribution in [0.15, 0.2) is 29.2 Å². The Morgan fingerprint density at radius 1 is 1.26 bits per heavy atom. The average molecular weight is 394 g/mol. The number of benzene rings is 1. The number of nitrogens with one attached hydrogen (secondary N) is 2. The van der Waals surface area contributed by atoms with Gasteiger partial charge in [0, 0.05) is 25.7 Å². The Hall–Kier alpha value is -1.94. The maximum Gasteiger partial charge on any atom is 0.244 e. The van der Waals surface area contributed by atoms with Gasteiger partial charge in [0.25, 0.3) is 0 Å². The summed E-state index contributed by atoms with van der Waals surface area (Å²) in [6.45, 7) is 6.43. The Kier molecular flexibility index (Phi) is 6.15. The second-order valence-corrected chi connectivity index (χ2v) is 8.26. The lowest BCUT2D eigenvalue weighted by molar-refractivity contribution is 0.0172. The Balaban J connectivity index is 1.82. The molecule has 2 N–H and O–H groups in total. The van der Waals surface area contributed by atoms with E-state index in [9.17, 15) is 8.42 Å². The van der Waals surface area contributed by atoms with Gasteiger partial charge >= 0.3 is 0 Å². The zero-order chi connectivity index (χ0) is 19.4. The number of nitrogens with zero attached hydrogens (tertiary/aromatic N) is 2. The first-order chi connectivity index (χ1) is 12.9. The third-order valence-corrected chi connectivity index (χ3v) is 6.47. The van der Waals surface area contributed by atoms with E-state index < -0.39 is 10.0 Å². The Bertz CT molecular complexity index is 838. The number of aromatic nitrogens is 2. The van der Waals surface area contributed by atoms with Crippen molar-refractivity contribution in [2.75, 3.05) is 40.0 Å². The van der Waals surface area contributed by atoms with Crippen LogP contribution in [0.3, 0.4) is 0 Å². The predicted octanol–water partition coefficient (Wildman–Crippen LogP) is 1.39.